The summed E-state index contributed by atoms with van der Waals surface area (Å²) < 4.78 is 6.92. The molecule has 11 aromatic carbocycles. The summed E-state index contributed by atoms with van der Waals surface area (Å²) in [5, 5.41) is 2.26. The Morgan fingerprint density at radius 2 is 0.688 bits per heavy atom. The third-order valence-corrected chi connectivity index (χ3v) is 18.2. The van der Waals surface area contributed by atoms with Crippen molar-refractivity contribution in [2.45, 2.75) is 39.5 Å². The summed E-state index contributed by atoms with van der Waals surface area (Å²) in [4.78, 5) is 10.3. The van der Waals surface area contributed by atoms with E-state index in [0.717, 1.165) is 44.7 Å². The third-order valence-electron chi connectivity index (χ3n) is 18.2. The minimum absolute atomic E-state index is 0.0246. The number of nitrogens with zero attached hydrogens (tertiary/aromatic N) is 4. The molecule has 0 atom stereocenters. The first kappa shape index (κ1) is 45.6. The van der Waals surface area contributed by atoms with E-state index in [9.17, 15) is 0 Å². The number of hydrogen-bond acceptors (Lipinski definition) is 5. The van der Waals surface area contributed by atoms with E-state index >= 15 is 0 Å². The molecule has 0 amide bonds. The molecule has 5 nitrogen and oxygen atoms in total. The van der Waals surface area contributed by atoms with Crippen molar-refractivity contribution >= 4 is 159 Å². The summed E-state index contributed by atoms with van der Waals surface area (Å²) in [6.07, 6.45) is 0. The van der Waals surface area contributed by atoms with E-state index in [0.29, 0.717) is 11.8 Å². The Labute approximate surface area is 468 Å². The Morgan fingerprint density at radius 3 is 1.23 bits per heavy atom. The molecule has 6 heterocycles. The van der Waals surface area contributed by atoms with E-state index in [1.165, 1.54) is 106 Å². The maximum atomic E-state index is 6.92. The van der Waals surface area contributed by atoms with Crippen molar-refractivity contribution in [2.24, 2.45) is 0 Å². The average Bonchev–Trinajstić information content (AvgIpc) is 3.98. The van der Waals surface area contributed by atoms with E-state index < -0.39 is 0 Å². The minimum Gasteiger partial charge on any atom is -0.456 e. The van der Waals surface area contributed by atoms with Gasteiger partial charge in [0.1, 0.15) is 11.2 Å². The molecule has 80 heavy (non-hydrogen) atoms. The summed E-state index contributed by atoms with van der Waals surface area (Å²) in [6.45, 7) is 9.24. The molecule has 0 fully saturated rings. The molecule has 17 rings (SSSR count). The highest BCUT2D eigenvalue weighted by atomic mass is 16.3. The number of para-hydroxylation sites is 7. The first-order chi connectivity index (χ1) is 39.4. The lowest BCUT2D eigenvalue weighted by atomic mass is 9.28. The lowest BCUT2D eigenvalue weighted by Crippen LogP contribution is -2.69. The molecular formula is C72H53B3N4O. The van der Waals surface area contributed by atoms with Gasteiger partial charge >= 0.3 is 0 Å². The molecule has 5 aliphatic rings. The molecule has 1 aromatic heterocycles. The molecule has 0 saturated carbocycles. The maximum Gasteiger partial charge on any atom is 0.252 e. The second-order valence-corrected chi connectivity index (χ2v) is 23.0. The van der Waals surface area contributed by atoms with Crippen LogP contribution in [0.2, 0.25) is 0 Å². The normalized spacial score (nSPS) is 14.1. The molecule has 0 spiro atoms. The first-order valence-electron chi connectivity index (χ1n) is 28.5. The lowest BCUT2D eigenvalue weighted by molar-refractivity contribution is 0.669. The van der Waals surface area contributed by atoms with E-state index in [2.05, 4.69) is 284 Å². The van der Waals surface area contributed by atoms with Crippen molar-refractivity contribution in [3.63, 3.8) is 0 Å². The Hall–Kier alpha value is -9.39. The van der Waals surface area contributed by atoms with Gasteiger partial charge in [-0.2, -0.15) is 0 Å². The molecule has 0 bridgehead atoms. The predicted octanol–water partition coefficient (Wildman–Crippen LogP) is 12.8. The molecule has 0 radical (unpaired) electrons. The molecule has 12 aromatic rings. The van der Waals surface area contributed by atoms with Gasteiger partial charge in [-0.25, -0.2) is 0 Å². The number of benzene rings is 11. The van der Waals surface area contributed by atoms with Crippen molar-refractivity contribution in [1.82, 2.24) is 0 Å². The van der Waals surface area contributed by atoms with Crippen molar-refractivity contribution in [3.05, 3.63) is 248 Å². The van der Waals surface area contributed by atoms with Crippen molar-refractivity contribution in [2.75, 3.05) is 19.6 Å². The van der Waals surface area contributed by atoms with Crippen LogP contribution < -0.4 is 68.8 Å². The zero-order chi connectivity index (χ0) is 53.1. The highest BCUT2D eigenvalue weighted by molar-refractivity contribution is 7.05. The molecular weight excluding hydrogens is 969 g/mol. The fraction of sp³-hybridized carbons (Fsp3) is 0.0833. The first-order valence-corrected chi connectivity index (χ1v) is 28.5. The van der Waals surface area contributed by atoms with Gasteiger partial charge in [0.25, 0.3) is 13.4 Å². The van der Waals surface area contributed by atoms with Gasteiger partial charge in [0, 0.05) is 85.1 Å². The molecule has 0 unspecified atom stereocenters. The van der Waals surface area contributed by atoms with Crippen molar-refractivity contribution in [3.8, 4) is 0 Å². The number of fused-ring (bicyclic) bond motifs is 15. The molecule has 376 valence electrons. The lowest BCUT2D eigenvalue weighted by Gasteiger charge is -2.51. The zero-order valence-electron chi connectivity index (χ0n) is 45.1. The van der Waals surface area contributed by atoms with Crippen molar-refractivity contribution in [1.29, 1.82) is 0 Å². The second-order valence-electron chi connectivity index (χ2n) is 23.0. The van der Waals surface area contributed by atoms with Gasteiger partial charge < -0.3 is 24.0 Å². The maximum absolute atomic E-state index is 6.92. The third kappa shape index (κ3) is 6.22. The Morgan fingerprint density at radius 1 is 0.287 bits per heavy atom. The number of anilines is 12. The number of hydrogen-bond donors (Lipinski definition) is 0. The van der Waals surface area contributed by atoms with Crippen LogP contribution in [0.15, 0.2) is 241 Å². The van der Waals surface area contributed by atoms with Crippen LogP contribution in [-0.4, -0.2) is 20.1 Å². The van der Waals surface area contributed by atoms with Gasteiger partial charge in [-0.15, -0.1) is 0 Å². The summed E-state index contributed by atoms with van der Waals surface area (Å²) in [7, 11) is 0. The molecule has 0 aliphatic carbocycles. The molecule has 8 heteroatoms. The Bertz CT molecular complexity index is 4530. The zero-order valence-corrected chi connectivity index (χ0v) is 45.1. The van der Waals surface area contributed by atoms with Gasteiger partial charge in [0.15, 0.2) is 0 Å². The van der Waals surface area contributed by atoms with Gasteiger partial charge in [-0.3, -0.25) is 0 Å². The van der Waals surface area contributed by atoms with Gasteiger partial charge in [0.05, 0.1) is 0 Å². The van der Waals surface area contributed by atoms with Crippen LogP contribution in [0.4, 0.5) is 68.2 Å². The van der Waals surface area contributed by atoms with E-state index in [1.54, 1.807) is 0 Å². The summed E-state index contributed by atoms with van der Waals surface area (Å²) in [6, 6.07) is 89.2. The molecule has 0 N–H and O–H groups in total. The molecule has 0 saturated heterocycles. The van der Waals surface area contributed by atoms with Crippen LogP contribution in [0, 0.1) is 0 Å². The van der Waals surface area contributed by atoms with Crippen LogP contribution in [0.25, 0.3) is 21.9 Å². The van der Waals surface area contributed by atoms with Gasteiger partial charge in [-0.05, 0) is 139 Å². The second kappa shape index (κ2) is 17.1. The fourth-order valence-corrected chi connectivity index (χ4v) is 15.0. The summed E-state index contributed by atoms with van der Waals surface area (Å²) in [5.74, 6) is 0.618. The highest BCUT2D eigenvalue weighted by Gasteiger charge is 2.53. The van der Waals surface area contributed by atoms with Crippen LogP contribution >= 0.6 is 0 Å². The van der Waals surface area contributed by atoms with Crippen LogP contribution in [0.5, 0.6) is 0 Å². The topological polar surface area (TPSA) is 26.1 Å². The van der Waals surface area contributed by atoms with Crippen molar-refractivity contribution < 1.29 is 4.42 Å². The quantitative estimate of drug-likeness (QED) is 0.155. The smallest absolute Gasteiger partial charge is 0.252 e. The fourth-order valence-electron chi connectivity index (χ4n) is 15.0. The van der Waals surface area contributed by atoms with Crippen LogP contribution in [0.3, 0.4) is 0 Å². The standard InChI is InChI=1S/C72H53B3N4O/c1-44(2)49-30-22-31-50(45(3)4)69(49)74-54-33-16-18-35-59(54)76(46-23-8-5-9-24-46)62-41-63-58(40-57(62)74)75-56-39-52-51-29-14-21-38-67(51)80-68(52)43-64(56)79-61-37-20-17-34-55(61)73-53-32-15-19-36-60(53)77(47-25-10-6-11-26-47)65-42-66(71(75)72(79)70(65)73)78(63)48-27-12-7-13-28-48/h5-45H,1-4H3. The Kier molecular flexibility index (Phi) is 9.73. The average molecular weight is 1020 g/mol. The highest BCUT2D eigenvalue weighted by Crippen LogP contribution is 2.51. The summed E-state index contributed by atoms with van der Waals surface area (Å²) >= 11 is 0. The molecule has 5 aliphatic heterocycles. The minimum atomic E-state index is -0.170. The Balaban J connectivity index is 1.06. The largest absolute Gasteiger partial charge is 0.456 e. The predicted molar refractivity (Wildman–Crippen MR) is 341 cm³/mol. The van der Waals surface area contributed by atoms with Gasteiger partial charge in [-0.1, -0.05) is 191 Å². The monoisotopic (exact) mass is 1020 g/mol. The van der Waals surface area contributed by atoms with Crippen LogP contribution in [0.1, 0.15) is 50.7 Å². The number of furan rings is 1. The SMILES string of the molecule is CC(C)c1cccc(C(C)C)c1B1c2ccccc2N(c2ccccc2)c2cc3c(cc21)B1c2cc4c(cc2N2c5ccccc5B5c6ccccc6N(c6ccccc6)c6cc(c1c2c65)N3c1ccccc1)oc1ccccc14. The van der Waals surface area contributed by atoms with E-state index in [4.69, 9.17) is 4.42 Å². The summed E-state index contributed by atoms with van der Waals surface area (Å²) in [5.41, 5.74) is 30.6. The van der Waals surface area contributed by atoms with Gasteiger partial charge in [0.2, 0.25) is 6.71 Å². The van der Waals surface area contributed by atoms with E-state index in [-0.39, 0.29) is 20.1 Å². The van der Waals surface area contributed by atoms with E-state index in [1.807, 2.05) is 0 Å². The number of rotatable bonds is 6. The van der Waals surface area contributed by atoms with Crippen LogP contribution in [-0.2, 0) is 0 Å².